The Labute approximate surface area is 159 Å². The molecule has 0 atom stereocenters. The summed E-state index contributed by atoms with van der Waals surface area (Å²) in [5.41, 5.74) is 5.81. The zero-order valence-corrected chi connectivity index (χ0v) is 16.0. The molecular weight excluding hydrogens is 396 g/mol. The van der Waals surface area contributed by atoms with Crippen molar-refractivity contribution in [2.75, 3.05) is 7.11 Å². The van der Waals surface area contributed by atoms with Gasteiger partial charge in [0.05, 0.1) is 23.0 Å². The lowest BCUT2D eigenvalue weighted by Crippen LogP contribution is -2.09. The maximum absolute atomic E-state index is 11.8. The number of carboxylic acid groups (broad SMARTS) is 1. The first-order valence-corrected chi connectivity index (χ1v) is 9.08. The molecule has 5 nitrogen and oxygen atoms in total. The Morgan fingerprint density at radius 3 is 2.77 bits per heavy atom. The molecule has 26 heavy (non-hydrogen) atoms. The summed E-state index contributed by atoms with van der Waals surface area (Å²) in [4.78, 5) is 11.8. The van der Waals surface area contributed by atoms with E-state index >= 15 is 0 Å². The van der Waals surface area contributed by atoms with Crippen molar-refractivity contribution in [3.63, 3.8) is 0 Å². The third kappa shape index (κ3) is 2.61. The molecule has 2 aromatic carbocycles. The van der Waals surface area contributed by atoms with E-state index < -0.39 is 5.97 Å². The maximum Gasteiger partial charge on any atom is 0.356 e. The van der Waals surface area contributed by atoms with Gasteiger partial charge >= 0.3 is 5.97 Å². The van der Waals surface area contributed by atoms with Crippen molar-refractivity contribution in [2.45, 2.75) is 19.8 Å². The number of aromatic carboxylic acids is 1. The Hall–Kier alpha value is -2.60. The van der Waals surface area contributed by atoms with E-state index in [9.17, 15) is 9.90 Å². The number of hydrogen-bond acceptors (Lipinski definition) is 3. The number of aryl methyl sites for hydroxylation is 2. The van der Waals surface area contributed by atoms with E-state index in [0.29, 0.717) is 6.42 Å². The van der Waals surface area contributed by atoms with E-state index in [4.69, 9.17) is 4.74 Å². The first-order chi connectivity index (χ1) is 12.5. The van der Waals surface area contributed by atoms with E-state index in [1.54, 1.807) is 11.8 Å². The number of aromatic nitrogens is 2. The molecule has 0 bridgehead atoms. The van der Waals surface area contributed by atoms with Crippen molar-refractivity contribution in [1.29, 1.82) is 0 Å². The highest BCUT2D eigenvalue weighted by Gasteiger charge is 2.29. The minimum atomic E-state index is -0.997. The molecule has 132 valence electrons. The quantitative estimate of drug-likeness (QED) is 0.691. The third-order valence-electron chi connectivity index (χ3n) is 4.71. The van der Waals surface area contributed by atoms with Crippen LogP contribution in [0.2, 0.25) is 0 Å². The molecule has 0 fully saturated rings. The average Bonchev–Trinajstić information content (AvgIpc) is 3.01. The van der Waals surface area contributed by atoms with Gasteiger partial charge in [-0.2, -0.15) is 5.10 Å². The van der Waals surface area contributed by atoms with Gasteiger partial charge in [0.25, 0.3) is 0 Å². The van der Waals surface area contributed by atoms with E-state index in [1.807, 2.05) is 43.3 Å². The summed E-state index contributed by atoms with van der Waals surface area (Å²) in [5.74, 6) is -0.226. The predicted octanol–water partition coefficient (Wildman–Crippen LogP) is 4.42. The van der Waals surface area contributed by atoms with Gasteiger partial charge in [-0.1, -0.05) is 12.1 Å². The summed E-state index contributed by atoms with van der Waals surface area (Å²) in [5, 5.41) is 14.1. The molecule has 3 aromatic rings. The minimum Gasteiger partial charge on any atom is -0.496 e. The number of fused-ring (bicyclic) bond motifs is 3. The predicted molar refractivity (Wildman–Crippen MR) is 102 cm³/mol. The van der Waals surface area contributed by atoms with Crippen molar-refractivity contribution in [3.8, 4) is 22.7 Å². The van der Waals surface area contributed by atoms with Crippen LogP contribution < -0.4 is 4.74 Å². The second-order valence-corrected chi connectivity index (χ2v) is 7.23. The average molecular weight is 413 g/mol. The number of halogens is 1. The topological polar surface area (TPSA) is 64.3 Å². The lowest BCUT2D eigenvalue weighted by atomic mass is 9.88. The van der Waals surface area contributed by atoms with Crippen molar-refractivity contribution >= 4 is 21.9 Å². The van der Waals surface area contributed by atoms with Crippen LogP contribution in [-0.4, -0.2) is 28.0 Å². The molecular formula is C20H17BrN2O3. The summed E-state index contributed by atoms with van der Waals surface area (Å²) in [6.45, 7) is 2.01. The molecule has 0 aliphatic heterocycles. The summed E-state index contributed by atoms with van der Waals surface area (Å²) in [7, 11) is 1.64. The van der Waals surface area contributed by atoms with Gasteiger partial charge in [0.1, 0.15) is 5.75 Å². The fourth-order valence-corrected chi connectivity index (χ4v) is 4.03. The van der Waals surface area contributed by atoms with Crippen LogP contribution in [0.4, 0.5) is 0 Å². The third-order valence-corrected chi connectivity index (χ3v) is 5.33. The summed E-state index contributed by atoms with van der Waals surface area (Å²) >= 11 is 3.54. The first-order valence-electron chi connectivity index (χ1n) is 8.28. The van der Waals surface area contributed by atoms with Gasteiger partial charge in [-0.25, -0.2) is 9.48 Å². The molecule has 4 rings (SSSR count). The van der Waals surface area contributed by atoms with Crippen LogP contribution in [0.5, 0.6) is 5.75 Å². The van der Waals surface area contributed by atoms with E-state index in [-0.39, 0.29) is 5.69 Å². The lowest BCUT2D eigenvalue weighted by molar-refractivity contribution is 0.0688. The van der Waals surface area contributed by atoms with Gasteiger partial charge < -0.3 is 9.84 Å². The second kappa shape index (κ2) is 6.29. The van der Waals surface area contributed by atoms with Crippen LogP contribution in [0.25, 0.3) is 16.9 Å². The van der Waals surface area contributed by atoms with Crippen molar-refractivity contribution in [1.82, 2.24) is 9.78 Å². The Morgan fingerprint density at radius 2 is 2.08 bits per heavy atom. The fraction of sp³-hybridized carbons (Fsp3) is 0.200. The normalized spacial score (nSPS) is 12.4. The van der Waals surface area contributed by atoms with Gasteiger partial charge in [-0.15, -0.1) is 0 Å². The van der Waals surface area contributed by atoms with Crippen LogP contribution in [0, 0.1) is 6.92 Å². The Bertz CT molecular complexity index is 1040. The zero-order chi connectivity index (χ0) is 18.4. The van der Waals surface area contributed by atoms with Crippen LogP contribution in [-0.2, 0) is 12.8 Å². The lowest BCUT2D eigenvalue weighted by Gasteiger charge is -2.20. The zero-order valence-electron chi connectivity index (χ0n) is 14.4. The van der Waals surface area contributed by atoms with Crippen molar-refractivity contribution < 1.29 is 14.6 Å². The van der Waals surface area contributed by atoms with E-state index in [1.165, 1.54) is 0 Å². The molecule has 1 aliphatic rings. The summed E-state index contributed by atoms with van der Waals surface area (Å²) in [6.07, 6.45) is 1.40. The van der Waals surface area contributed by atoms with Crippen LogP contribution in [0.3, 0.4) is 0 Å². The largest absolute Gasteiger partial charge is 0.496 e. The van der Waals surface area contributed by atoms with Gasteiger partial charge in [0.15, 0.2) is 5.69 Å². The molecule has 0 radical (unpaired) electrons. The molecule has 0 saturated carbocycles. The minimum absolute atomic E-state index is 0.124. The van der Waals surface area contributed by atoms with Crippen LogP contribution in [0.15, 0.2) is 40.9 Å². The molecule has 0 unspecified atom stereocenters. The number of carbonyl (C=O) groups is 1. The number of benzene rings is 2. The number of methoxy groups -OCH3 is 1. The van der Waals surface area contributed by atoms with Crippen LogP contribution >= 0.6 is 15.9 Å². The first kappa shape index (κ1) is 16.8. The molecule has 0 saturated heterocycles. The smallest absolute Gasteiger partial charge is 0.356 e. The molecule has 6 heteroatoms. The Kier molecular flexibility index (Phi) is 4.07. The van der Waals surface area contributed by atoms with Crippen LogP contribution in [0.1, 0.15) is 27.2 Å². The summed E-state index contributed by atoms with van der Waals surface area (Å²) < 4.78 is 8.00. The maximum atomic E-state index is 11.8. The summed E-state index contributed by atoms with van der Waals surface area (Å²) in [6, 6.07) is 11.9. The second-order valence-electron chi connectivity index (χ2n) is 6.38. The highest BCUT2D eigenvalue weighted by molar-refractivity contribution is 9.10. The standard InChI is InChI=1S/C20H17BrN2O3/c1-11-4-3-5-13(8-11)23-19-14(18(22-23)20(24)25)7-6-12-9-17(26-2)16(21)10-15(12)19/h3-5,8-10H,6-7H2,1-2H3,(H,24,25). The number of nitrogens with zero attached hydrogens (tertiary/aromatic N) is 2. The number of rotatable bonds is 3. The Balaban J connectivity index is 2.02. The number of ether oxygens (including phenoxy) is 1. The molecule has 0 amide bonds. The van der Waals surface area contributed by atoms with Gasteiger partial charge in [0.2, 0.25) is 0 Å². The van der Waals surface area contributed by atoms with Gasteiger partial charge in [0, 0.05) is 11.1 Å². The van der Waals surface area contributed by atoms with E-state index in [2.05, 4.69) is 21.0 Å². The highest BCUT2D eigenvalue weighted by atomic mass is 79.9. The SMILES string of the molecule is COc1cc2c(cc1Br)-c1c(c(C(=O)O)nn1-c1cccc(C)c1)CC2. The monoisotopic (exact) mass is 412 g/mol. The molecule has 1 heterocycles. The Morgan fingerprint density at radius 1 is 1.27 bits per heavy atom. The van der Waals surface area contributed by atoms with Gasteiger partial charge in [-0.3, -0.25) is 0 Å². The molecule has 1 aliphatic carbocycles. The van der Waals surface area contributed by atoms with Crippen molar-refractivity contribution in [2.24, 2.45) is 0 Å². The van der Waals surface area contributed by atoms with Crippen molar-refractivity contribution in [3.05, 3.63) is 63.3 Å². The number of hydrogen-bond donors (Lipinski definition) is 1. The molecule has 1 aromatic heterocycles. The van der Waals surface area contributed by atoms with E-state index in [0.717, 1.165) is 50.3 Å². The molecule has 0 spiro atoms. The number of carboxylic acids is 1. The molecule has 1 N–H and O–H groups in total. The fourth-order valence-electron chi connectivity index (χ4n) is 3.52. The van der Waals surface area contributed by atoms with Gasteiger partial charge in [-0.05, 0) is 71.1 Å². The highest BCUT2D eigenvalue weighted by Crippen LogP contribution is 2.41.